The van der Waals surface area contributed by atoms with Crippen LogP contribution in [0.5, 0.6) is 0 Å². The Morgan fingerprint density at radius 1 is 1.03 bits per heavy atom. The number of amides is 1. The van der Waals surface area contributed by atoms with Crippen LogP contribution in [0.1, 0.15) is 21.5 Å². The number of carbonyl (C=O) groups excluding carboxylic acids is 1. The monoisotopic (exact) mass is 414 g/mol. The van der Waals surface area contributed by atoms with E-state index in [-0.39, 0.29) is 11.5 Å². The molecule has 2 aromatic heterocycles. The summed E-state index contributed by atoms with van der Waals surface area (Å²) in [4.78, 5) is 28.4. The first-order chi connectivity index (χ1) is 15.0. The van der Waals surface area contributed by atoms with Crippen LogP contribution in [-0.4, -0.2) is 39.6 Å². The second-order valence-corrected chi connectivity index (χ2v) is 8.31. The van der Waals surface area contributed by atoms with Crippen LogP contribution in [0.2, 0.25) is 0 Å². The van der Waals surface area contributed by atoms with Crippen LogP contribution >= 0.6 is 0 Å². The van der Waals surface area contributed by atoms with Gasteiger partial charge in [0.15, 0.2) is 0 Å². The van der Waals surface area contributed by atoms with E-state index in [1.54, 1.807) is 13.2 Å². The summed E-state index contributed by atoms with van der Waals surface area (Å²) < 4.78 is 3.38. The van der Waals surface area contributed by atoms with Crippen LogP contribution in [0.4, 0.5) is 0 Å². The molecule has 0 bridgehead atoms. The van der Waals surface area contributed by atoms with Gasteiger partial charge in [-0.05, 0) is 23.6 Å². The predicted molar refractivity (Wildman–Crippen MR) is 123 cm³/mol. The number of hydrogen-bond acceptors (Lipinski definition) is 3. The van der Waals surface area contributed by atoms with Gasteiger partial charge in [-0.25, -0.2) is 0 Å². The summed E-state index contributed by atoms with van der Waals surface area (Å²) in [5.74, 6) is -0.144. The lowest BCUT2D eigenvalue weighted by Gasteiger charge is -2.28. The third-order valence-corrected chi connectivity index (χ3v) is 6.39. The van der Waals surface area contributed by atoms with Crippen molar-refractivity contribution in [3.05, 3.63) is 81.8 Å². The number of aromatic nitrogens is 2. The minimum atomic E-state index is -0.144. The van der Waals surface area contributed by atoms with Gasteiger partial charge in [-0.15, -0.1) is 0 Å². The highest BCUT2D eigenvalue weighted by Gasteiger charge is 2.21. The molecule has 1 aliphatic heterocycles. The van der Waals surface area contributed by atoms with E-state index in [0.717, 1.165) is 42.3 Å². The zero-order valence-electron chi connectivity index (χ0n) is 17.9. The summed E-state index contributed by atoms with van der Waals surface area (Å²) in [5, 5.41) is 4.73. The number of hydrogen-bond donors (Lipinski definition) is 1. The van der Waals surface area contributed by atoms with Gasteiger partial charge in [0.05, 0.1) is 5.56 Å². The zero-order chi connectivity index (χ0) is 21.5. The van der Waals surface area contributed by atoms with Gasteiger partial charge in [-0.1, -0.05) is 42.5 Å². The molecule has 1 aliphatic rings. The minimum absolute atomic E-state index is 0.0998. The van der Waals surface area contributed by atoms with E-state index >= 15 is 0 Å². The highest BCUT2D eigenvalue weighted by Crippen LogP contribution is 2.28. The van der Waals surface area contributed by atoms with Crippen molar-refractivity contribution in [2.45, 2.75) is 13.0 Å². The second-order valence-electron chi connectivity index (χ2n) is 8.31. The molecular formula is C25H26N4O2. The smallest absolute Gasteiger partial charge is 0.274 e. The average molecular weight is 415 g/mol. The Labute approximate surface area is 180 Å². The molecule has 0 fully saturated rings. The van der Waals surface area contributed by atoms with Crippen molar-refractivity contribution >= 4 is 27.7 Å². The number of benzene rings is 2. The molecule has 31 heavy (non-hydrogen) atoms. The third kappa shape index (κ3) is 3.33. The molecule has 1 amide bonds. The van der Waals surface area contributed by atoms with Crippen molar-refractivity contribution in [1.29, 1.82) is 0 Å². The molecule has 1 N–H and O–H groups in total. The molecule has 158 valence electrons. The Morgan fingerprint density at radius 2 is 1.77 bits per heavy atom. The lowest BCUT2D eigenvalue weighted by Crippen LogP contribution is -2.38. The summed E-state index contributed by atoms with van der Waals surface area (Å²) in [6.45, 7) is 3.28. The Hall–Kier alpha value is -3.38. The molecule has 0 saturated carbocycles. The average Bonchev–Trinajstić information content (AvgIpc) is 3.09. The number of para-hydroxylation sites is 1. The number of rotatable bonds is 4. The Kier molecular flexibility index (Phi) is 4.87. The molecule has 0 spiro atoms. The van der Waals surface area contributed by atoms with Gasteiger partial charge in [0, 0.05) is 62.8 Å². The molecule has 0 atom stereocenters. The largest absolute Gasteiger partial charge is 0.351 e. The maximum absolute atomic E-state index is 13.2. The van der Waals surface area contributed by atoms with Crippen molar-refractivity contribution in [2.24, 2.45) is 14.1 Å². The van der Waals surface area contributed by atoms with Crippen LogP contribution in [0, 0.1) is 0 Å². The van der Waals surface area contributed by atoms with E-state index in [4.69, 9.17) is 0 Å². The van der Waals surface area contributed by atoms with Crippen LogP contribution in [0.15, 0.2) is 59.5 Å². The van der Waals surface area contributed by atoms with Gasteiger partial charge in [-0.3, -0.25) is 14.5 Å². The van der Waals surface area contributed by atoms with Gasteiger partial charge in [0.25, 0.3) is 11.5 Å². The number of nitrogens with one attached hydrogen (secondary N) is 1. The predicted octanol–water partition coefficient (Wildman–Crippen LogP) is 2.82. The SMILES string of the molecule is Cn1cc(C(=O)NCCN2CCc3ccccc3C2)c2c3ccccc3n(C)c2c1=O. The number of pyridine rings is 1. The van der Waals surface area contributed by atoms with E-state index in [9.17, 15) is 9.59 Å². The van der Waals surface area contributed by atoms with Gasteiger partial charge in [-0.2, -0.15) is 0 Å². The molecule has 4 aromatic rings. The Morgan fingerprint density at radius 3 is 2.61 bits per heavy atom. The van der Waals surface area contributed by atoms with Crippen LogP contribution < -0.4 is 10.9 Å². The van der Waals surface area contributed by atoms with E-state index in [1.807, 2.05) is 35.9 Å². The fourth-order valence-electron chi connectivity index (χ4n) is 4.74. The minimum Gasteiger partial charge on any atom is -0.351 e. The first-order valence-electron chi connectivity index (χ1n) is 10.7. The molecule has 0 unspecified atom stereocenters. The fourth-order valence-corrected chi connectivity index (χ4v) is 4.74. The van der Waals surface area contributed by atoms with E-state index in [2.05, 4.69) is 34.5 Å². The lowest BCUT2D eigenvalue weighted by molar-refractivity contribution is 0.0948. The van der Waals surface area contributed by atoms with Crippen molar-refractivity contribution in [2.75, 3.05) is 19.6 Å². The lowest BCUT2D eigenvalue weighted by atomic mass is 10.00. The standard InChI is InChI=1S/C25H26N4O2/c1-27-16-20(22-19-9-5-6-10-21(19)28(2)23(22)25(27)31)24(30)26-12-14-29-13-11-17-7-3-4-8-18(17)15-29/h3-10,16H,11-15H2,1-2H3,(H,26,30). The zero-order valence-corrected chi connectivity index (χ0v) is 17.9. The van der Waals surface area contributed by atoms with E-state index < -0.39 is 0 Å². The molecule has 0 radical (unpaired) electrons. The first kappa shape index (κ1) is 19.6. The fraction of sp³-hybridized carbons (Fsp3) is 0.280. The van der Waals surface area contributed by atoms with E-state index in [1.165, 1.54) is 15.7 Å². The van der Waals surface area contributed by atoms with Crippen molar-refractivity contribution in [3.8, 4) is 0 Å². The summed E-state index contributed by atoms with van der Waals surface area (Å²) in [7, 11) is 3.57. The number of nitrogens with zero attached hydrogens (tertiary/aromatic N) is 3. The van der Waals surface area contributed by atoms with Gasteiger partial charge in [0.1, 0.15) is 5.52 Å². The summed E-state index contributed by atoms with van der Waals surface area (Å²) in [6.07, 6.45) is 2.70. The van der Waals surface area contributed by atoms with Crippen molar-refractivity contribution in [1.82, 2.24) is 19.4 Å². The molecule has 0 saturated heterocycles. The molecule has 3 heterocycles. The van der Waals surface area contributed by atoms with Crippen molar-refractivity contribution in [3.63, 3.8) is 0 Å². The first-order valence-corrected chi connectivity index (χ1v) is 10.7. The molecule has 0 aliphatic carbocycles. The van der Waals surface area contributed by atoms with Crippen LogP contribution in [0.25, 0.3) is 21.8 Å². The number of carbonyl (C=O) groups is 1. The molecule has 6 heteroatoms. The summed E-state index contributed by atoms with van der Waals surface area (Å²) >= 11 is 0. The number of fused-ring (bicyclic) bond motifs is 4. The summed E-state index contributed by atoms with van der Waals surface area (Å²) in [5.41, 5.74) is 4.74. The Bertz CT molecular complexity index is 1370. The summed E-state index contributed by atoms with van der Waals surface area (Å²) in [6, 6.07) is 16.4. The highest BCUT2D eigenvalue weighted by atomic mass is 16.2. The van der Waals surface area contributed by atoms with E-state index in [0.29, 0.717) is 17.6 Å². The quantitative estimate of drug-likeness (QED) is 0.559. The normalized spacial score (nSPS) is 14.1. The van der Waals surface area contributed by atoms with Crippen molar-refractivity contribution < 1.29 is 4.79 Å². The molecular weight excluding hydrogens is 388 g/mol. The molecule has 5 rings (SSSR count). The van der Waals surface area contributed by atoms with Gasteiger partial charge >= 0.3 is 0 Å². The number of aryl methyl sites for hydroxylation is 2. The second kappa shape index (κ2) is 7.71. The topological polar surface area (TPSA) is 59.3 Å². The maximum atomic E-state index is 13.2. The third-order valence-electron chi connectivity index (χ3n) is 6.39. The maximum Gasteiger partial charge on any atom is 0.274 e. The van der Waals surface area contributed by atoms with Crippen LogP contribution in [0.3, 0.4) is 0 Å². The van der Waals surface area contributed by atoms with Crippen LogP contribution in [-0.2, 0) is 27.1 Å². The highest BCUT2D eigenvalue weighted by molar-refractivity contribution is 6.17. The Balaban J connectivity index is 1.39. The molecule has 6 nitrogen and oxygen atoms in total. The van der Waals surface area contributed by atoms with Gasteiger partial charge in [0.2, 0.25) is 0 Å². The molecule has 2 aromatic carbocycles. The van der Waals surface area contributed by atoms with Gasteiger partial charge < -0.3 is 14.5 Å².